The van der Waals surface area contributed by atoms with E-state index in [-0.39, 0.29) is 17.2 Å². The van der Waals surface area contributed by atoms with Crippen LogP contribution in [0.5, 0.6) is 5.75 Å². The molecule has 27 heavy (non-hydrogen) atoms. The number of hydrogen-bond donors (Lipinski definition) is 2. The minimum atomic E-state index is -0.511. The van der Waals surface area contributed by atoms with E-state index in [2.05, 4.69) is 55.7 Å². The van der Waals surface area contributed by atoms with Crippen LogP contribution < -0.4 is 15.4 Å². The van der Waals surface area contributed by atoms with Gasteiger partial charge in [0.15, 0.2) is 6.10 Å². The molecule has 0 saturated carbocycles. The summed E-state index contributed by atoms with van der Waals surface area (Å²) >= 11 is 0. The largest absolute Gasteiger partial charge is 0.479 e. The van der Waals surface area contributed by atoms with Crippen molar-refractivity contribution >= 4 is 23.2 Å². The first-order chi connectivity index (χ1) is 12.7. The van der Waals surface area contributed by atoms with E-state index in [9.17, 15) is 9.59 Å². The van der Waals surface area contributed by atoms with Crippen molar-refractivity contribution < 1.29 is 14.3 Å². The maximum atomic E-state index is 12.3. The molecule has 2 aromatic rings. The van der Waals surface area contributed by atoms with Crippen LogP contribution in [0.2, 0.25) is 0 Å². The van der Waals surface area contributed by atoms with E-state index in [0.29, 0.717) is 30.0 Å². The van der Waals surface area contributed by atoms with E-state index >= 15 is 0 Å². The lowest BCUT2D eigenvalue weighted by atomic mass is 9.86. The fourth-order valence-electron chi connectivity index (χ4n) is 2.94. The molecule has 2 aromatic carbocycles. The zero-order valence-electron chi connectivity index (χ0n) is 16.3. The van der Waals surface area contributed by atoms with Gasteiger partial charge in [-0.2, -0.15) is 0 Å². The molecule has 142 valence electrons. The second-order valence-corrected chi connectivity index (χ2v) is 7.96. The van der Waals surface area contributed by atoms with E-state index in [4.69, 9.17) is 4.74 Å². The summed E-state index contributed by atoms with van der Waals surface area (Å²) in [5.74, 6) is 0.356. The Labute approximate surface area is 160 Å². The molecule has 0 unspecified atom stereocenters. The molecule has 5 heteroatoms. The summed E-state index contributed by atoms with van der Waals surface area (Å²) in [7, 11) is 0. The molecule has 0 radical (unpaired) electrons. The van der Waals surface area contributed by atoms with Gasteiger partial charge in [0.1, 0.15) is 5.75 Å². The predicted octanol–water partition coefficient (Wildman–Crippen LogP) is 4.27. The first-order valence-electron chi connectivity index (χ1n) is 9.23. The third-order valence-corrected chi connectivity index (χ3v) is 4.65. The second-order valence-electron chi connectivity index (χ2n) is 7.96. The molecule has 0 saturated heterocycles. The zero-order chi connectivity index (χ0) is 19.6. The Balaban J connectivity index is 1.57. The molecule has 0 fully saturated rings. The maximum Gasteiger partial charge on any atom is 0.265 e. The third kappa shape index (κ3) is 4.67. The minimum Gasteiger partial charge on any atom is -0.479 e. The van der Waals surface area contributed by atoms with Gasteiger partial charge in [-0.25, -0.2) is 0 Å². The van der Waals surface area contributed by atoms with Crippen LogP contribution in [-0.4, -0.2) is 17.9 Å². The van der Waals surface area contributed by atoms with Crippen molar-refractivity contribution in [3.63, 3.8) is 0 Å². The van der Waals surface area contributed by atoms with Crippen LogP contribution >= 0.6 is 0 Å². The minimum absolute atomic E-state index is 0.0636. The molecule has 2 N–H and O–H groups in total. The summed E-state index contributed by atoms with van der Waals surface area (Å²) in [6, 6.07) is 13.7. The number of carbonyl (C=O) groups excluding carboxylic acids is 2. The summed E-state index contributed by atoms with van der Waals surface area (Å²) in [4.78, 5) is 24.0. The van der Waals surface area contributed by atoms with Crippen LogP contribution in [0.25, 0.3) is 0 Å². The molecule has 1 heterocycles. The number of hydrogen-bond acceptors (Lipinski definition) is 3. The van der Waals surface area contributed by atoms with Crippen LogP contribution in [0.4, 0.5) is 11.4 Å². The van der Waals surface area contributed by atoms with Gasteiger partial charge in [-0.1, -0.05) is 45.0 Å². The van der Waals surface area contributed by atoms with Crippen LogP contribution in [0.1, 0.15) is 45.2 Å². The van der Waals surface area contributed by atoms with Gasteiger partial charge in [-0.15, -0.1) is 0 Å². The van der Waals surface area contributed by atoms with Crippen LogP contribution in [0.3, 0.4) is 0 Å². The molecular weight excluding hydrogens is 340 g/mol. The molecule has 0 aromatic heterocycles. The van der Waals surface area contributed by atoms with Crippen molar-refractivity contribution in [1.29, 1.82) is 0 Å². The molecular formula is C22H26N2O3. The number of aryl methyl sites for hydroxylation is 1. The van der Waals surface area contributed by atoms with Gasteiger partial charge in [0.2, 0.25) is 5.91 Å². The summed E-state index contributed by atoms with van der Waals surface area (Å²) in [5.41, 5.74) is 3.76. The van der Waals surface area contributed by atoms with Crippen molar-refractivity contribution in [2.75, 3.05) is 10.6 Å². The normalized spacial score (nSPS) is 16.1. The molecule has 0 spiro atoms. The number of nitrogens with one attached hydrogen (secondary N) is 2. The fourth-order valence-corrected chi connectivity index (χ4v) is 2.94. The first kappa shape index (κ1) is 19.0. The van der Waals surface area contributed by atoms with Crippen molar-refractivity contribution in [3.05, 3.63) is 53.6 Å². The summed E-state index contributed by atoms with van der Waals surface area (Å²) in [5, 5.41) is 5.66. The Kier molecular flexibility index (Phi) is 5.22. The van der Waals surface area contributed by atoms with Crippen LogP contribution in [0.15, 0.2) is 42.5 Å². The number of anilines is 2. The molecule has 2 amide bonds. The van der Waals surface area contributed by atoms with Gasteiger partial charge in [-0.05, 0) is 48.1 Å². The molecule has 1 aliphatic heterocycles. The zero-order valence-corrected chi connectivity index (χ0v) is 16.3. The molecule has 5 nitrogen and oxygen atoms in total. The van der Waals surface area contributed by atoms with Gasteiger partial charge >= 0.3 is 0 Å². The Morgan fingerprint density at radius 1 is 1.15 bits per heavy atom. The monoisotopic (exact) mass is 366 g/mol. The number of benzene rings is 2. The first-order valence-corrected chi connectivity index (χ1v) is 9.23. The highest BCUT2D eigenvalue weighted by molar-refractivity contribution is 5.99. The van der Waals surface area contributed by atoms with Gasteiger partial charge in [-0.3, -0.25) is 9.59 Å². The SMILES string of the molecule is C[C@@H]1Oc2ccc(NC(=O)CCc3ccc(C(C)(C)C)cc3)cc2NC1=O. The quantitative estimate of drug-likeness (QED) is 0.849. The lowest BCUT2D eigenvalue weighted by Crippen LogP contribution is -2.34. The highest BCUT2D eigenvalue weighted by Crippen LogP contribution is 2.32. The number of fused-ring (bicyclic) bond motifs is 1. The van der Waals surface area contributed by atoms with E-state index in [1.54, 1.807) is 25.1 Å². The van der Waals surface area contributed by atoms with E-state index in [0.717, 1.165) is 5.56 Å². The average Bonchev–Trinajstić information content (AvgIpc) is 2.61. The fraction of sp³-hybridized carbons (Fsp3) is 0.364. The van der Waals surface area contributed by atoms with Gasteiger partial charge in [0, 0.05) is 12.1 Å². The van der Waals surface area contributed by atoms with E-state index < -0.39 is 6.10 Å². The molecule has 3 rings (SSSR count). The second kappa shape index (κ2) is 7.43. The Morgan fingerprint density at radius 2 is 1.85 bits per heavy atom. The van der Waals surface area contributed by atoms with Gasteiger partial charge in [0.05, 0.1) is 5.69 Å². The third-order valence-electron chi connectivity index (χ3n) is 4.65. The van der Waals surface area contributed by atoms with Crippen molar-refractivity contribution in [2.45, 2.75) is 52.1 Å². The summed E-state index contributed by atoms with van der Waals surface area (Å²) in [6.45, 7) is 8.24. The van der Waals surface area contributed by atoms with Gasteiger partial charge in [0.25, 0.3) is 5.91 Å². The number of rotatable bonds is 4. The number of amides is 2. The topological polar surface area (TPSA) is 67.4 Å². The Morgan fingerprint density at radius 3 is 2.52 bits per heavy atom. The number of ether oxygens (including phenoxy) is 1. The van der Waals surface area contributed by atoms with Crippen LogP contribution in [0, 0.1) is 0 Å². The van der Waals surface area contributed by atoms with Gasteiger partial charge < -0.3 is 15.4 Å². The molecule has 1 atom stereocenters. The average molecular weight is 366 g/mol. The predicted molar refractivity (Wildman–Crippen MR) is 107 cm³/mol. The summed E-state index contributed by atoms with van der Waals surface area (Å²) in [6.07, 6.45) is 0.562. The molecule has 0 aliphatic carbocycles. The summed E-state index contributed by atoms with van der Waals surface area (Å²) < 4.78 is 5.52. The van der Waals surface area contributed by atoms with Crippen molar-refractivity contribution in [1.82, 2.24) is 0 Å². The Hall–Kier alpha value is -2.82. The van der Waals surface area contributed by atoms with E-state index in [1.165, 1.54) is 5.56 Å². The molecule has 0 bridgehead atoms. The van der Waals surface area contributed by atoms with Crippen LogP contribution in [-0.2, 0) is 21.4 Å². The highest BCUT2D eigenvalue weighted by atomic mass is 16.5. The smallest absolute Gasteiger partial charge is 0.265 e. The van der Waals surface area contributed by atoms with Crippen molar-refractivity contribution in [3.8, 4) is 5.75 Å². The maximum absolute atomic E-state index is 12.3. The van der Waals surface area contributed by atoms with Crippen molar-refractivity contribution in [2.24, 2.45) is 0 Å². The lowest BCUT2D eigenvalue weighted by molar-refractivity contribution is -0.122. The Bertz CT molecular complexity index is 851. The standard InChI is InChI=1S/C22H26N2O3/c1-14-21(26)24-18-13-17(10-11-19(18)27-14)23-20(25)12-7-15-5-8-16(9-6-15)22(2,3)4/h5-6,8-11,13-14H,7,12H2,1-4H3,(H,23,25)(H,24,26)/t14-/m0/s1. The van der Waals surface area contributed by atoms with E-state index in [1.807, 2.05) is 0 Å². The number of carbonyl (C=O) groups is 2. The lowest BCUT2D eigenvalue weighted by Gasteiger charge is -2.23. The molecule has 1 aliphatic rings. The highest BCUT2D eigenvalue weighted by Gasteiger charge is 2.23.